The minimum absolute atomic E-state index is 0.0921. The highest BCUT2D eigenvalue weighted by Crippen LogP contribution is 2.22. The van der Waals surface area contributed by atoms with E-state index in [9.17, 15) is 4.79 Å². The largest absolute Gasteiger partial charge is 0.467 e. The van der Waals surface area contributed by atoms with Crippen LogP contribution in [0, 0.1) is 0 Å². The van der Waals surface area contributed by atoms with Gasteiger partial charge in [0.05, 0.1) is 25.6 Å². The molecule has 0 bridgehead atoms. The van der Waals surface area contributed by atoms with Crippen molar-refractivity contribution in [1.82, 2.24) is 4.90 Å². The van der Waals surface area contributed by atoms with E-state index in [4.69, 9.17) is 20.4 Å². The smallest absolute Gasteiger partial charge is 0.223 e. The average molecular weight is 390 g/mol. The lowest BCUT2D eigenvalue weighted by Crippen LogP contribution is -2.29. The van der Waals surface area contributed by atoms with Gasteiger partial charge in [-0.25, -0.2) is 0 Å². The number of rotatable bonds is 9. The summed E-state index contributed by atoms with van der Waals surface area (Å²) >= 11 is 7.62. The highest BCUT2D eigenvalue weighted by atomic mass is 35.5. The Labute approximate surface area is 162 Å². The molecule has 0 aliphatic heterocycles. The van der Waals surface area contributed by atoms with Crippen molar-refractivity contribution >= 4 is 29.3 Å². The minimum Gasteiger partial charge on any atom is -0.467 e. The van der Waals surface area contributed by atoms with Crippen molar-refractivity contribution in [1.29, 1.82) is 0 Å². The minimum atomic E-state index is 0.0921. The first-order valence-corrected chi connectivity index (χ1v) is 9.78. The average Bonchev–Trinajstić information content (AvgIpc) is 3.33. The number of carbonyl (C=O) groups excluding carboxylic acids is 1. The Morgan fingerprint density at radius 1 is 0.962 bits per heavy atom. The molecule has 4 nitrogen and oxygen atoms in total. The maximum atomic E-state index is 12.7. The number of nitrogens with zero attached hydrogens (tertiary/aromatic N) is 1. The summed E-state index contributed by atoms with van der Waals surface area (Å²) in [5.41, 5.74) is 0. The molecule has 0 saturated heterocycles. The van der Waals surface area contributed by atoms with Gasteiger partial charge in [-0.15, -0.1) is 11.8 Å². The number of furan rings is 2. The fraction of sp³-hybridized carbons (Fsp3) is 0.250. The van der Waals surface area contributed by atoms with E-state index in [1.807, 2.05) is 48.5 Å². The Kier molecular flexibility index (Phi) is 6.86. The van der Waals surface area contributed by atoms with Gasteiger partial charge in [-0.1, -0.05) is 11.6 Å². The standard InChI is InChI=1S/C20H20ClNO3S/c21-16-7-9-19(10-8-16)26-13-3-6-20(23)22(14-17-4-1-11-24-17)15-18-5-2-12-25-18/h1-2,4-5,7-12H,3,6,13-15H2. The first-order chi connectivity index (χ1) is 12.7. The van der Waals surface area contributed by atoms with E-state index < -0.39 is 0 Å². The molecule has 0 unspecified atom stereocenters. The Bertz CT molecular complexity index is 749. The summed E-state index contributed by atoms with van der Waals surface area (Å²) in [6, 6.07) is 15.1. The first-order valence-electron chi connectivity index (χ1n) is 8.41. The van der Waals surface area contributed by atoms with Crippen LogP contribution in [0.4, 0.5) is 0 Å². The molecule has 2 heterocycles. The second-order valence-electron chi connectivity index (χ2n) is 5.81. The number of carbonyl (C=O) groups is 1. The number of thioether (sulfide) groups is 1. The van der Waals surface area contributed by atoms with Crippen LogP contribution in [-0.4, -0.2) is 16.6 Å². The molecule has 0 aliphatic rings. The molecule has 3 rings (SSSR count). The maximum Gasteiger partial charge on any atom is 0.223 e. The molecule has 0 saturated carbocycles. The molecular weight excluding hydrogens is 370 g/mol. The predicted molar refractivity (Wildman–Crippen MR) is 103 cm³/mol. The van der Waals surface area contributed by atoms with Gasteiger partial charge in [-0.3, -0.25) is 4.79 Å². The van der Waals surface area contributed by atoms with Gasteiger partial charge in [0.15, 0.2) is 0 Å². The van der Waals surface area contributed by atoms with Crippen LogP contribution in [0.5, 0.6) is 0 Å². The number of hydrogen-bond donors (Lipinski definition) is 0. The molecule has 0 radical (unpaired) electrons. The van der Waals surface area contributed by atoms with Crippen molar-refractivity contribution in [2.45, 2.75) is 30.8 Å². The van der Waals surface area contributed by atoms with E-state index in [0.717, 1.165) is 33.6 Å². The number of hydrogen-bond acceptors (Lipinski definition) is 4. The highest BCUT2D eigenvalue weighted by Gasteiger charge is 2.16. The van der Waals surface area contributed by atoms with Gasteiger partial charge in [0.2, 0.25) is 5.91 Å². The lowest BCUT2D eigenvalue weighted by Gasteiger charge is -2.20. The van der Waals surface area contributed by atoms with Gasteiger partial charge < -0.3 is 13.7 Å². The summed E-state index contributed by atoms with van der Waals surface area (Å²) in [7, 11) is 0. The van der Waals surface area contributed by atoms with E-state index in [0.29, 0.717) is 19.5 Å². The molecule has 3 aromatic rings. The third-order valence-corrected chi connectivity index (χ3v) is 5.17. The van der Waals surface area contributed by atoms with Crippen LogP contribution >= 0.6 is 23.4 Å². The normalized spacial score (nSPS) is 10.8. The van der Waals surface area contributed by atoms with Crippen LogP contribution < -0.4 is 0 Å². The highest BCUT2D eigenvalue weighted by molar-refractivity contribution is 7.99. The molecule has 0 spiro atoms. The topological polar surface area (TPSA) is 46.6 Å². The molecule has 26 heavy (non-hydrogen) atoms. The first kappa shape index (κ1) is 18.7. The van der Waals surface area contributed by atoms with Gasteiger partial charge in [0.25, 0.3) is 0 Å². The Hall–Kier alpha value is -2.11. The SMILES string of the molecule is O=C(CCCSc1ccc(Cl)cc1)N(Cc1ccco1)Cc1ccco1. The molecule has 2 aromatic heterocycles. The van der Waals surface area contributed by atoms with Crippen LogP contribution in [0.2, 0.25) is 5.02 Å². The zero-order chi connectivity index (χ0) is 18.2. The molecule has 0 N–H and O–H groups in total. The summed E-state index contributed by atoms with van der Waals surface area (Å²) in [6.07, 6.45) is 4.53. The Morgan fingerprint density at radius 2 is 1.58 bits per heavy atom. The quantitative estimate of drug-likeness (QED) is 0.351. The van der Waals surface area contributed by atoms with Crippen molar-refractivity contribution in [2.75, 3.05) is 5.75 Å². The molecule has 1 amide bonds. The van der Waals surface area contributed by atoms with Crippen LogP contribution in [0.3, 0.4) is 0 Å². The van der Waals surface area contributed by atoms with E-state index in [1.54, 1.807) is 29.2 Å². The van der Waals surface area contributed by atoms with Gasteiger partial charge >= 0.3 is 0 Å². The van der Waals surface area contributed by atoms with Crippen molar-refractivity contribution in [3.63, 3.8) is 0 Å². The molecule has 1 aromatic carbocycles. The zero-order valence-corrected chi connectivity index (χ0v) is 15.8. The summed E-state index contributed by atoms with van der Waals surface area (Å²) in [4.78, 5) is 15.6. The molecular formula is C20H20ClNO3S. The number of benzene rings is 1. The van der Waals surface area contributed by atoms with Gasteiger partial charge in [-0.05, 0) is 60.7 Å². The second kappa shape index (κ2) is 9.55. The van der Waals surface area contributed by atoms with Gasteiger partial charge in [0.1, 0.15) is 11.5 Å². The molecule has 6 heteroatoms. The van der Waals surface area contributed by atoms with Gasteiger partial charge in [0, 0.05) is 16.3 Å². The number of halogens is 1. The van der Waals surface area contributed by atoms with Crippen molar-refractivity contribution in [3.05, 3.63) is 77.6 Å². The summed E-state index contributed by atoms with van der Waals surface area (Å²) in [5, 5.41) is 0.732. The van der Waals surface area contributed by atoms with Crippen LogP contribution in [0.15, 0.2) is 74.8 Å². The van der Waals surface area contributed by atoms with Crippen LogP contribution in [-0.2, 0) is 17.9 Å². The van der Waals surface area contributed by atoms with E-state index in [1.165, 1.54) is 0 Å². The fourth-order valence-corrected chi connectivity index (χ4v) is 3.49. The predicted octanol–water partition coefficient (Wildman–Crippen LogP) is 5.63. The zero-order valence-electron chi connectivity index (χ0n) is 14.3. The third kappa shape index (κ3) is 5.71. The van der Waals surface area contributed by atoms with E-state index in [-0.39, 0.29) is 5.91 Å². The monoisotopic (exact) mass is 389 g/mol. The van der Waals surface area contributed by atoms with Crippen LogP contribution in [0.1, 0.15) is 24.4 Å². The van der Waals surface area contributed by atoms with Crippen molar-refractivity contribution < 1.29 is 13.6 Å². The van der Waals surface area contributed by atoms with E-state index >= 15 is 0 Å². The van der Waals surface area contributed by atoms with Crippen molar-refractivity contribution in [3.8, 4) is 0 Å². The summed E-state index contributed by atoms with van der Waals surface area (Å²) in [5.74, 6) is 2.50. The Morgan fingerprint density at radius 3 is 2.12 bits per heavy atom. The second-order valence-corrected chi connectivity index (χ2v) is 7.42. The molecule has 0 fully saturated rings. The fourth-order valence-electron chi connectivity index (χ4n) is 2.52. The molecule has 0 aliphatic carbocycles. The summed E-state index contributed by atoms with van der Waals surface area (Å²) < 4.78 is 10.8. The van der Waals surface area contributed by atoms with Crippen molar-refractivity contribution in [2.24, 2.45) is 0 Å². The molecule has 136 valence electrons. The van der Waals surface area contributed by atoms with Gasteiger partial charge in [-0.2, -0.15) is 0 Å². The molecule has 0 atom stereocenters. The maximum absolute atomic E-state index is 12.7. The van der Waals surface area contributed by atoms with Crippen LogP contribution in [0.25, 0.3) is 0 Å². The van der Waals surface area contributed by atoms with E-state index in [2.05, 4.69) is 0 Å². The summed E-state index contributed by atoms with van der Waals surface area (Å²) in [6.45, 7) is 0.883. The third-order valence-electron chi connectivity index (χ3n) is 3.82. The number of amides is 1. The Balaban J connectivity index is 1.50. The lowest BCUT2D eigenvalue weighted by molar-refractivity contribution is -0.133. The lowest BCUT2D eigenvalue weighted by atomic mass is 10.2.